The summed E-state index contributed by atoms with van der Waals surface area (Å²) in [5.41, 5.74) is 1.17. The molecule has 152 valence electrons. The van der Waals surface area contributed by atoms with Crippen LogP contribution in [0, 0.1) is 25.5 Å². The van der Waals surface area contributed by atoms with E-state index in [1.54, 1.807) is 13.8 Å². The Labute approximate surface area is 172 Å². The summed E-state index contributed by atoms with van der Waals surface area (Å²) in [7, 11) is 0. The van der Waals surface area contributed by atoms with Gasteiger partial charge in [-0.2, -0.15) is 9.36 Å². The standard InChI is InChI=1S/C18H13F2N7O2S/c1-8-15(16(28)23-10-3-4-11(19)12(20)5-10)18(30-27-8)25-14-7-21-6-13(24-14)17-22-9(2)26-29-17/h3-7H,1-2H3,(H,23,28)(H,24,25). The van der Waals surface area contributed by atoms with Crippen molar-refractivity contribution in [2.24, 2.45) is 0 Å². The predicted molar refractivity (Wildman–Crippen MR) is 105 cm³/mol. The first-order chi connectivity index (χ1) is 14.4. The molecule has 3 heterocycles. The van der Waals surface area contributed by atoms with E-state index in [2.05, 4.69) is 35.1 Å². The maximum absolute atomic E-state index is 13.4. The summed E-state index contributed by atoms with van der Waals surface area (Å²) in [6.07, 6.45) is 2.92. The molecule has 0 aliphatic rings. The maximum atomic E-state index is 13.4. The summed E-state index contributed by atoms with van der Waals surface area (Å²) < 4.78 is 35.8. The number of carbonyl (C=O) groups excluding carboxylic acids is 1. The minimum absolute atomic E-state index is 0.115. The lowest BCUT2D eigenvalue weighted by molar-refractivity contribution is 0.102. The number of amides is 1. The molecule has 0 saturated heterocycles. The number of carbonyl (C=O) groups is 1. The quantitative estimate of drug-likeness (QED) is 0.491. The van der Waals surface area contributed by atoms with Gasteiger partial charge in [-0.1, -0.05) is 5.16 Å². The van der Waals surface area contributed by atoms with Crippen LogP contribution in [0.4, 0.5) is 25.3 Å². The number of aryl methyl sites for hydroxylation is 2. The minimum atomic E-state index is -1.06. The van der Waals surface area contributed by atoms with Gasteiger partial charge in [0.1, 0.15) is 16.5 Å². The molecule has 0 bridgehead atoms. The Balaban J connectivity index is 1.58. The summed E-state index contributed by atoms with van der Waals surface area (Å²) in [4.78, 5) is 25.3. The van der Waals surface area contributed by atoms with Crippen molar-refractivity contribution in [1.82, 2.24) is 24.5 Å². The van der Waals surface area contributed by atoms with Gasteiger partial charge in [0.05, 0.1) is 23.7 Å². The van der Waals surface area contributed by atoms with Crippen molar-refractivity contribution in [3.8, 4) is 11.6 Å². The Morgan fingerprint density at radius 2 is 1.97 bits per heavy atom. The van der Waals surface area contributed by atoms with Crippen LogP contribution in [0.2, 0.25) is 0 Å². The van der Waals surface area contributed by atoms with Crippen LogP contribution >= 0.6 is 11.5 Å². The van der Waals surface area contributed by atoms with E-state index in [9.17, 15) is 13.6 Å². The topological polar surface area (TPSA) is 119 Å². The molecule has 0 radical (unpaired) electrons. The zero-order chi connectivity index (χ0) is 21.3. The molecule has 0 saturated carbocycles. The molecule has 12 heteroatoms. The lowest BCUT2D eigenvalue weighted by Crippen LogP contribution is -2.14. The maximum Gasteiger partial charge on any atom is 0.278 e. The third-order valence-electron chi connectivity index (χ3n) is 3.89. The average molecular weight is 429 g/mol. The average Bonchev–Trinajstić information content (AvgIpc) is 3.31. The molecule has 0 aliphatic carbocycles. The number of rotatable bonds is 5. The Bertz CT molecular complexity index is 1240. The third-order valence-corrected chi connectivity index (χ3v) is 4.74. The molecular weight excluding hydrogens is 416 g/mol. The molecule has 0 aliphatic heterocycles. The fourth-order valence-electron chi connectivity index (χ4n) is 2.54. The van der Waals surface area contributed by atoms with E-state index in [4.69, 9.17) is 4.52 Å². The highest BCUT2D eigenvalue weighted by Crippen LogP contribution is 2.29. The molecule has 1 amide bonds. The fourth-order valence-corrected chi connectivity index (χ4v) is 3.34. The first-order valence-corrected chi connectivity index (χ1v) is 9.30. The monoisotopic (exact) mass is 429 g/mol. The number of hydrogen-bond acceptors (Lipinski definition) is 9. The van der Waals surface area contributed by atoms with Crippen LogP contribution in [0.25, 0.3) is 11.6 Å². The SMILES string of the molecule is Cc1noc(-c2cncc(Nc3snc(C)c3C(=O)Nc3ccc(F)c(F)c3)n2)n1. The first-order valence-electron chi connectivity index (χ1n) is 8.53. The summed E-state index contributed by atoms with van der Waals surface area (Å²) in [6, 6.07) is 3.10. The fraction of sp³-hybridized carbons (Fsp3) is 0.111. The molecule has 9 nitrogen and oxygen atoms in total. The van der Waals surface area contributed by atoms with Gasteiger partial charge in [-0.05, 0) is 37.5 Å². The van der Waals surface area contributed by atoms with Crippen LogP contribution in [0.1, 0.15) is 21.9 Å². The van der Waals surface area contributed by atoms with Crippen molar-refractivity contribution < 1.29 is 18.1 Å². The molecule has 4 rings (SSSR count). The zero-order valence-electron chi connectivity index (χ0n) is 15.6. The van der Waals surface area contributed by atoms with Crippen molar-refractivity contribution >= 4 is 33.9 Å². The lowest BCUT2D eigenvalue weighted by Gasteiger charge is -2.08. The normalized spacial score (nSPS) is 10.8. The number of halogens is 2. The smallest absolute Gasteiger partial charge is 0.278 e. The Morgan fingerprint density at radius 3 is 2.70 bits per heavy atom. The van der Waals surface area contributed by atoms with E-state index in [-0.39, 0.29) is 17.1 Å². The van der Waals surface area contributed by atoms with Crippen molar-refractivity contribution in [3.05, 3.63) is 59.3 Å². The van der Waals surface area contributed by atoms with E-state index >= 15 is 0 Å². The van der Waals surface area contributed by atoms with Crippen molar-refractivity contribution in [2.45, 2.75) is 13.8 Å². The summed E-state index contributed by atoms with van der Waals surface area (Å²) in [5, 5.41) is 9.64. The van der Waals surface area contributed by atoms with Crippen molar-refractivity contribution in [1.29, 1.82) is 0 Å². The number of aromatic nitrogens is 5. The molecule has 2 N–H and O–H groups in total. The number of nitrogens with zero attached hydrogens (tertiary/aromatic N) is 5. The van der Waals surface area contributed by atoms with E-state index < -0.39 is 17.5 Å². The Morgan fingerprint density at radius 1 is 1.13 bits per heavy atom. The molecule has 4 aromatic rings. The van der Waals surface area contributed by atoms with Crippen molar-refractivity contribution in [3.63, 3.8) is 0 Å². The predicted octanol–water partition coefficient (Wildman–Crippen LogP) is 3.87. The van der Waals surface area contributed by atoms with Crippen LogP contribution < -0.4 is 10.6 Å². The van der Waals surface area contributed by atoms with Gasteiger partial charge in [0, 0.05) is 11.8 Å². The molecule has 0 unspecified atom stereocenters. The number of hydrogen-bond donors (Lipinski definition) is 2. The summed E-state index contributed by atoms with van der Waals surface area (Å²) >= 11 is 1.05. The van der Waals surface area contributed by atoms with E-state index in [1.807, 2.05) is 0 Å². The van der Waals surface area contributed by atoms with Gasteiger partial charge in [-0.3, -0.25) is 9.78 Å². The molecular formula is C18H13F2N7O2S. The summed E-state index contributed by atoms with van der Waals surface area (Å²) in [6.45, 7) is 3.34. The first kappa shape index (κ1) is 19.5. The number of benzene rings is 1. The third kappa shape index (κ3) is 3.98. The largest absolute Gasteiger partial charge is 0.332 e. The number of anilines is 3. The second-order valence-electron chi connectivity index (χ2n) is 6.12. The second-order valence-corrected chi connectivity index (χ2v) is 6.89. The Kier molecular flexibility index (Phi) is 5.14. The molecule has 0 spiro atoms. The molecule has 30 heavy (non-hydrogen) atoms. The minimum Gasteiger partial charge on any atom is -0.332 e. The molecule has 0 fully saturated rings. The molecule has 0 atom stereocenters. The lowest BCUT2D eigenvalue weighted by atomic mass is 10.2. The van der Waals surface area contributed by atoms with E-state index in [1.165, 1.54) is 18.5 Å². The van der Waals surface area contributed by atoms with E-state index in [0.717, 1.165) is 23.7 Å². The van der Waals surface area contributed by atoms with Crippen molar-refractivity contribution in [2.75, 3.05) is 10.6 Å². The highest BCUT2D eigenvalue weighted by molar-refractivity contribution is 7.10. The Hall–Kier alpha value is -3.80. The van der Waals surface area contributed by atoms with Gasteiger partial charge in [0.25, 0.3) is 11.8 Å². The van der Waals surface area contributed by atoms with Gasteiger partial charge < -0.3 is 15.2 Å². The van der Waals surface area contributed by atoms with Gasteiger partial charge in [0.2, 0.25) is 0 Å². The van der Waals surface area contributed by atoms with Gasteiger partial charge >= 0.3 is 0 Å². The number of nitrogens with one attached hydrogen (secondary N) is 2. The van der Waals surface area contributed by atoms with Crippen LogP contribution in [0.15, 0.2) is 35.1 Å². The van der Waals surface area contributed by atoms with E-state index in [0.29, 0.717) is 28.0 Å². The van der Waals surface area contributed by atoms with Crippen LogP contribution in [0.5, 0.6) is 0 Å². The molecule has 3 aromatic heterocycles. The van der Waals surface area contributed by atoms with Crippen LogP contribution in [0.3, 0.4) is 0 Å². The molecule has 1 aromatic carbocycles. The van der Waals surface area contributed by atoms with Gasteiger partial charge in [-0.25, -0.2) is 13.8 Å². The highest BCUT2D eigenvalue weighted by atomic mass is 32.1. The summed E-state index contributed by atoms with van der Waals surface area (Å²) in [5.74, 6) is -1.60. The van der Waals surface area contributed by atoms with Crippen LogP contribution in [-0.2, 0) is 0 Å². The van der Waals surface area contributed by atoms with Gasteiger partial charge in [0.15, 0.2) is 17.5 Å². The second kappa shape index (κ2) is 7.91. The van der Waals surface area contributed by atoms with Crippen LogP contribution in [-0.4, -0.2) is 30.4 Å². The highest BCUT2D eigenvalue weighted by Gasteiger charge is 2.20. The van der Waals surface area contributed by atoms with Gasteiger partial charge in [-0.15, -0.1) is 0 Å². The zero-order valence-corrected chi connectivity index (χ0v) is 16.4.